The van der Waals surface area contributed by atoms with Crippen molar-refractivity contribution in [2.24, 2.45) is 4.99 Å². The number of hydrogen-bond acceptors (Lipinski definition) is 5. The fourth-order valence-electron chi connectivity index (χ4n) is 1.60. The van der Waals surface area contributed by atoms with Gasteiger partial charge >= 0.3 is 4.87 Å². The summed E-state index contributed by atoms with van der Waals surface area (Å²) in [4.78, 5) is 28.5. The normalized spacial score (nSPS) is 11.6. The van der Waals surface area contributed by atoms with Crippen LogP contribution in [-0.4, -0.2) is 15.8 Å². The molecule has 19 heavy (non-hydrogen) atoms. The zero-order chi connectivity index (χ0) is 14.0. The Balaban J connectivity index is 2.50. The van der Waals surface area contributed by atoms with E-state index in [4.69, 9.17) is 0 Å². The summed E-state index contributed by atoms with van der Waals surface area (Å²) in [5.41, 5.74) is 1.55. The molecule has 0 aliphatic carbocycles. The first-order chi connectivity index (χ1) is 8.97. The third kappa shape index (κ3) is 2.97. The SMILES string of the molecule is CC(=Nc1ccc(C)cc1)c1c(O)sc(=O)[nH]c1=O. The Morgan fingerprint density at radius 2 is 1.89 bits per heavy atom. The second kappa shape index (κ2) is 5.19. The van der Waals surface area contributed by atoms with Gasteiger partial charge in [0.1, 0.15) is 5.56 Å². The fourth-order valence-corrected chi connectivity index (χ4v) is 2.27. The minimum atomic E-state index is -0.630. The highest BCUT2D eigenvalue weighted by Crippen LogP contribution is 2.19. The van der Waals surface area contributed by atoms with Crippen molar-refractivity contribution in [1.29, 1.82) is 0 Å². The summed E-state index contributed by atoms with van der Waals surface area (Å²) >= 11 is 0.578. The molecule has 2 rings (SSSR count). The van der Waals surface area contributed by atoms with Crippen molar-refractivity contribution in [2.75, 3.05) is 0 Å². The predicted molar refractivity (Wildman–Crippen MR) is 75.9 cm³/mol. The van der Waals surface area contributed by atoms with Crippen LogP contribution in [-0.2, 0) is 0 Å². The molecule has 0 atom stereocenters. The number of aromatic amines is 1. The van der Waals surface area contributed by atoms with Crippen LogP contribution < -0.4 is 10.4 Å². The van der Waals surface area contributed by atoms with Crippen LogP contribution in [0.2, 0.25) is 0 Å². The summed E-state index contributed by atoms with van der Waals surface area (Å²) in [6, 6.07) is 7.43. The molecule has 0 spiro atoms. The van der Waals surface area contributed by atoms with Crippen LogP contribution in [0.3, 0.4) is 0 Å². The van der Waals surface area contributed by atoms with Gasteiger partial charge in [0.25, 0.3) is 5.56 Å². The Bertz CT molecular complexity index is 742. The molecule has 1 aromatic carbocycles. The van der Waals surface area contributed by atoms with Crippen LogP contribution in [0.5, 0.6) is 5.06 Å². The van der Waals surface area contributed by atoms with Crippen molar-refractivity contribution in [3.63, 3.8) is 0 Å². The number of nitrogens with zero attached hydrogens (tertiary/aromatic N) is 1. The molecule has 5 nitrogen and oxygen atoms in total. The number of nitrogens with one attached hydrogen (secondary N) is 1. The topological polar surface area (TPSA) is 82.5 Å². The third-order valence-corrected chi connectivity index (χ3v) is 3.22. The fraction of sp³-hybridized carbons (Fsp3) is 0.154. The van der Waals surface area contributed by atoms with Gasteiger partial charge in [0.2, 0.25) is 0 Å². The van der Waals surface area contributed by atoms with Gasteiger partial charge in [-0.15, -0.1) is 0 Å². The molecule has 0 amide bonds. The van der Waals surface area contributed by atoms with E-state index in [1.165, 1.54) is 0 Å². The number of aryl methyl sites for hydroxylation is 1. The summed E-state index contributed by atoms with van der Waals surface area (Å²) in [5.74, 6) is 0. The van der Waals surface area contributed by atoms with Gasteiger partial charge in [0.15, 0.2) is 5.06 Å². The summed E-state index contributed by atoms with van der Waals surface area (Å²) in [6.45, 7) is 3.58. The zero-order valence-corrected chi connectivity index (χ0v) is 11.2. The number of aromatic nitrogens is 1. The Morgan fingerprint density at radius 3 is 2.47 bits per heavy atom. The Morgan fingerprint density at radius 1 is 1.26 bits per heavy atom. The van der Waals surface area contributed by atoms with Gasteiger partial charge in [0, 0.05) is 0 Å². The van der Waals surface area contributed by atoms with E-state index in [9.17, 15) is 14.7 Å². The molecule has 0 bridgehead atoms. The number of aliphatic imine (C=N–C) groups is 1. The highest BCUT2D eigenvalue weighted by molar-refractivity contribution is 7.11. The quantitative estimate of drug-likeness (QED) is 0.822. The Labute approximate surface area is 112 Å². The standard InChI is InChI=1S/C13H12N2O3S/c1-7-3-5-9(6-4-7)14-8(2)10-11(16)15-13(18)19-12(10)17/h3-6,17H,1-2H3,(H,15,16,18). The van der Waals surface area contributed by atoms with Gasteiger partial charge in [-0.25, -0.2) is 0 Å². The second-order valence-electron chi connectivity index (χ2n) is 4.06. The summed E-state index contributed by atoms with van der Waals surface area (Å²) < 4.78 is 0. The Kier molecular flexibility index (Phi) is 3.62. The largest absolute Gasteiger partial charge is 0.499 e. The minimum Gasteiger partial charge on any atom is -0.499 e. The highest BCUT2D eigenvalue weighted by atomic mass is 32.1. The van der Waals surface area contributed by atoms with Gasteiger partial charge in [0.05, 0.1) is 11.4 Å². The van der Waals surface area contributed by atoms with Crippen LogP contribution in [0, 0.1) is 6.92 Å². The van der Waals surface area contributed by atoms with Crippen LogP contribution in [0.1, 0.15) is 18.1 Å². The summed E-state index contributed by atoms with van der Waals surface area (Å²) in [5, 5.41) is 9.36. The molecule has 1 heterocycles. The van der Waals surface area contributed by atoms with Gasteiger partial charge < -0.3 is 5.11 Å². The van der Waals surface area contributed by atoms with Crippen molar-refractivity contribution in [2.45, 2.75) is 13.8 Å². The number of hydrogen-bond donors (Lipinski definition) is 2. The first-order valence-corrected chi connectivity index (χ1v) is 6.38. The van der Waals surface area contributed by atoms with E-state index >= 15 is 0 Å². The van der Waals surface area contributed by atoms with E-state index in [-0.39, 0.29) is 10.6 Å². The average Bonchev–Trinajstić information content (AvgIpc) is 2.30. The van der Waals surface area contributed by atoms with E-state index in [2.05, 4.69) is 9.98 Å². The van der Waals surface area contributed by atoms with E-state index in [0.29, 0.717) is 22.7 Å². The Hall–Kier alpha value is -2.21. The first-order valence-electron chi connectivity index (χ1n) is 5.56. The molecular formula is C13H12N2O3S. The van der Waals surface area contributed by atoms with Gasteiger partial charge in [-0.1, -0.05) is 17.7 Å². The molecule has 0 saturated carbocycles. The number of rotatable bonds is 2. The molecule has 0 fully saturated rings. The van der Waals surface area contributed by atoms with Crippen molar-refractivity contribution in [1.82, 2.24) is 4.98 Å². The first kappa shape index (κ1) is 13.2. The molecule has 2 N–H and O–H groups in total. The van der Waals surface area contributed by atoms with Crippen LogP contribution in [0.4, 0.5) is 5.69 Å². The smallest absolute Gasteiger partial charge is 0.310 e. The summed E-state index contributed by atoms with van der Waals surface area (Å²) in [6.07, 6.45) is 0. The lowest BCUT2D eigenvalue weighted by Crippen LogP contribution is -2.22. The van der Waals surface area contributed by atoms with Gasteiger partial charge in [-0.3, -0.25) is 19.6 Å². The van der Waals surface area contributed by atoms with Crippen molar-refractivity contribution < 1.29 is 5.11 Å². The van der Waals surface area contributed by atoms with Crippen LogP contribution in [0.25, 0.3) is 0 Å². The van der Waals surface area contributed by atoms with Crippen LogP contribution >= 0.6 is 11.3 Å². The molecule has 0 aliphatic heterocycles. The van der Waals surface area contributed by atoms with Gasteiger partial charge in [-0.2, -0.15) is 0 Å². The third-order valence-electron chi connectivity index (χ3n) is 2.54. The molecular weight excluding hydrogens is 264 g/mol. The maximum absolute atomic E-state index is 11.7. The molecule has 0 unspecified atom stereocenters. The average molecular weight is 276 g/mol. The van der Waals surface area contributed by atoms with Gasteiger partial charge in [-0.05, 0) is 37.3 Å². The molecule has 2 aromatic rings. The molecule has 0 saturated heterocycles. The summed E-state index contributed by atoms with van der Waals surface area (Å²) in [7, 11) is 0. The predicted octanol–water partition coefficient (Wildman–Crippen LogP) is 1.95. The zero-order valence-electron chi connectivity index (χ0n) is 10.4. The monoisotopic (exact) mass is 276 g/mol. The number of H-pyrrole nitrogens is 1. The second-order valence-corrected chi connectivity index (χ2v) is 5.02. The van der Waals surface area contributed by atoms with Crippen molar-refractivity contribution in [3.05, 3.63) is 55.4 Å². The van der Waals surface area contributed by atoms with E-state index in [0.717, 1.165) is 5.56 Å². The lowest BCUT2D eigenvalue weighted by atomic mass is 10.2. The molecule has 1 aromatic heterocycles. The molecule has 6 heteroatoms. The van der Waals surface area contributed by atoms with Crippen molar-refractivity contribution >= 4 is 22.7 Å². The lowest BCUT2D eigenvalue weighted by Gasteiger charge is -2.02. The van der Waals surface area contributed by atoms with Crippen LogP contribution in [0.15, 0.2) is 38.8 Å². The molecule has 0 radical (unpaired) electrons. The number of benzene rings is 1. The maximum atomic E-state index is 11.7. The van der Waals surface area contributed by atoms with Crippen molar-refractivity contribution in [3.8, 4) is 5.06 Å². The lowest BCUT2D eigenvalue weighted by molar-refractivity contribution is 0.487. The molecule has 98 valence electrons. The minimum absolute atomic E-state index is 0.0326. The van der Waals surface area contributed by atoms with E-state index < -0.39 is 10.4 Å². The molecule has 0 aliphatic rings. The highest BCUT2D eigenvalue weighted by Gasteiger charge is 2.12. The maximum Gasteiger partial charge on any atom is 0.310 e. The number of aromatic hydroxyl groups is 1. The van der Waals surface area contributed by atoms with E-state index in [1.54, 1.807) is 6.92 Å². The van der Waals surface area contributed by atoms with E-state index in [1.807, 2.05) is 31.2 Å².